The summed E-state index contributed by atoms with van der Waals surface area (Å²) < 4.78 is 34.4. The molecule has 1 rings (SSSR count). The van der Waals surface area contributed by atoms with Crippen LogP contribution >= 0.6 is 0 Å². The number of carbonyl (C=O) groups is 9. The molecule has 1 heterocycles. The van der Waals surface area contributed by atoms with E-state index in [1.165, 1.54) is 27.0 Å². The minimum absolute atomic E-state index is 0.0575. The van der Waals surface area contributed by atoms with E-state index in [0.29, 0.717) is 32.1 Å². The zero-order chi connectivity index (χ0) is 47.3. The van der Waals surface area contributed by atoms with Crippen molar-refractivity contribution in [2.75, 3.05) is 66.6 Å². The maximum Gasteiger partial charge on any atom is 0.305 e. The van der Waals surface area contributed by atoms with Gasteiger partial charge in [-0.05, 0) is 32.1 Å². The van der Waals surface area contributed by atoms with Gasteiger partial charge in [0.15, 0.2) is 0 Å². The Hall–Kier alpha value is -5.86. The highest BCUT2D eigenvalue weighted by atomic mass is 19.1. The number of nitrogens with one attached hydrogen (secondary N) is 6. The van der Waals surface area contributed by atoms with Gasteiger partial charge in [-0.15, -0.1) is 5.10 Å². The monoisotopic (exact) mass is 905 g/mol. The maximum atomic E-state index is 13.6. The molecule has 0 saturated carbocycles. The van der Waals surface area contributed by atoms with Crippen LogP contribution in [0, 0.1) is 5.92 Å². The van der Waals surface area contributed by atoms with Gasteiger partial charge in [-0.2, -0.15) is 0 Å². The number of hydrogen-bond acceptors (Lipinski definition) is 15. The highest BCUT2D eigenvalue weighted by Gasteiger charge is 2.34. The highest BCUT2D eigenvalue weighted by molar-refractivity contribution is 5.98. The van der Waals surface area contributed by atoms with Gasteiger partial charge in [0.05, 0.1) is 71.5 Å². The number of hydrogen-bond donors (Lipinski definition) is 9. The molecule has 0 bridgehead atoms. The van der Waals surface area contributed by atoms with E-state index in [4.69, 9.17) is 18.9 Å². The van der Waals surface area contributed by atoms with Gasteiger partial charge in [0.25, 0.3) is 0 Å². The predicted octanol–water partition coefficient (Wildman–Crippen LogP) is -3.09. The van der Waals surface area contributed by atoms with Crippen molar-refractivity contribution in [3.63, 3.8) is 0 Å². The van der Waals surface area contributed by atoms with Crippen LogP contribution in [0.3, 0.4) is 0 Å². The Bertz CT molecular complexity index is 1650. The topological polar surface area (TPSA) is 354 Å². The summed E-state index contributed by atoms with van der Waals surface area (Å²) in [6.45, 7) is 5.48. The van der Waals surface area contributed by atoms with Crippen LogP contribution in [0.5, 0.6) is 0 Å². The smallest absolute Gasteiger partial charge is 0.305 e. The molecule has 9 N–H and O–H groups in total. The van der Waals surface area contributed by atoms with Crippen molar-refractivity contribution in [3.05, 3.63) is 11.9 Å². The number of halogens is 1. The summed E-state index contributed by atoms with van der Waals surface area (Å²) in [5.74, 6) is -11.2. The molecule has 25 nitrogen and oxygen atoms in total. The first-order valence-corrected chi connectivity index (χ1v) is 20.0. The number of nitrogens with zero attached hydrogens (tertiary/aromatic N) is 3. The van der Waals surface area contributed by atoms with Crippen molar-refractivity contribution in [2.45, 2.75) is 96.1 Å². The predicted molar refractivity (Wildman–Crippen MR) is 213 cm³/mol. The number of amides is 6. The summed E-state index contributed by atoms with van der Waals surface area (Å²) in [6, 6.07) is -7.96. The first kappa shape index (κ1) is 55.2. The van der Waals surface area contributed by atoms with Crippen LogP contribution in [0.25, 0.3) is 0 Å². The number of carbonyl (C=O) groups excluding carboxylic acids is 6. The molecule has 0 aliphatic heterocycles. The zero-order valence-electron chi connectivity index (χ0n) is 35.7. The second-order valence-corrected chi connectivity index (χ2v) is 14.2. The minimum atomic E-state index is -1.78. The highest BCUT2D eigenvalue weighted by Crippen LogP contribution is 2.08. The number of aryl methyl sites for hydroxylation is 1. The van der Waals surface area contributed by atoms with Crippen LogP contribution < -0.4 is 31.9 Å². The molecule has 0 aliphatic rings. The third-order valence-electron chi connectivity index (χ3n) is 8.50. The number of carboxylic acids is 3. The van der Waals surface area contributed by atoms with Crippen LogP contribution in [0.2, 0.25) is 0 Å². The lowest BCUT2D eigenvalue weighted by atomic mass is 10.0. The fraction of sp³-hybridized carbons (Fsp3) is 0.703. The second kappa shape index (κ2) is 31.1. The Morgan fingerprint density at radius 2 is 1.22 bits per heavy atom. The first-order chi connectivity index (χ1) is 29.9. The molecular weight excluding hydrogens is 845 g/mol. The minimum Gasteiger partial charge on any atom is -0.481 e. The van der Waals surface area contributed by atoms with Gasteiger partial charge in [0.1, 0.15) is 36.8 Å². The molecule has 0 aromatic carbocycles. The van der Waals surface area contributed by atoms with Crippen molar-refractivity contribution in [3.8, 4) is 0 Å². The summed E-state index contributed by atoms with van der Waals surface area (Å²) in [4.78, 5) is 114. The number of alkyl halides is 1. The quantitative estimate of drug-likeness (QED) is 0.0305. The molecule has 2 unspecified atom stereocenters. The zero-order valence-corrected chi connectivity index (χ0v) is 35.7. The van der Waals surface area contributed by atoms with Crippen LogP contribution in [0.1, 0.15) is 58.6 Å². The Balaban J connectivity index is 2.93. The number of ether oxygens (including phenoxy) is 4. The lowest BCUT2D eigenvalue weighted by Crippen LogP contribution is -2.60. The van der Waals surface area contributed by atoms with Gasteiger partial charge >= 0.3 is 17.9 Å². The van der Waals surface area contributed by atoms with Crippen molar-refractivity contribution < 1.29 is 81.8 Å². The van der Waals surface area contributed by atoms with Gasteiger partial charge < -0.3 is 66.2 Å². The normalized spacial score (nSPS) is 13.4. The number of rotatable bonds is 35. The average molecular weight is 906 g/mol. The standard InChI is InChI=1S/C37H60FN9O16/c1-22(2)32(37(59)43-27(19-31(53)54)35(57)40-23(3)33(55)39-10-11-61-14-15-63-17-16-62-13-12-60-4)44-34(56)25(7-8-29(49)50)42-36(58)26(18-30(51)52)41-28(48)21-47-20-24(45-46-47)6-5-9-38/h20,22-23,25-27,32H,5-19,21H2,1-4H3,(H,39,55)(H,40,57)(H,41,48)(H,42,58)(H,43,59)(H,44,56)(H,49,50)(H,51,52)(H,53,54)/t23-,25?,26-,27?,32-/m0/s1. The molecule has 1 aromatic rings. The van der Waals surface area contributed by atoms with E-state index in [1.54, 1.807) is 7.11 Å². The molecule has 5 atom stereocenters. The van der Waals surface area contributed by atoms with Crippen LogP contribution in [-0.4, -0.2) is 180 Å². The fourth-order valence-corrected chi connectivity index (χ4v) is 5.26. The molecule has 1 aromatic heterocycles. The molecule has 0 spiro atoms. The summed E-state index contributed by atoms with van der Waals surface area (Å²) in [5.41, 5.74) is 0.379. The molecular formula is C37H60FN9O16. The maximum absolute atomic E-state index is 13.6. The molecule has 0 radical (unpaired) electrons. The molecule has 0 aliphatic carbocycles. The number of methoxy groups -OCH3 is 1. The summed E-state index contributed by atoms with van der Waals surface area (Å²) in [6.07, 6.45) is -1.40. The van der Waals surface area contributed by atoms with Gasteiger partial charge in [0.2, 0.25) is 35.4 Å². The average Bonchev–Trinajstić information content (AvgIpc) is 3.66. The van der Waals surface area contributed by atoms with Crippen LogP contribution in [0.15, 0.2) is 6.20 Å². The number of carboxylic acid groups (broad SMARTS) is 3. The van der Waals surface area contributed by atoms with Crippen molar-refractivity contribution in [1.29, 1.82) is 0 Å². The van der Waals surface area contributed by atoms with Crippen molar-refractivity contribution in [2.24, 2.45) is 5.92 Å². The summed E-state index contributed by atoms with van der Waals surface area (Å²) in [5, 5.41) is 49.7. The van der Waals surface area contributed by atoms with E-state index in [9.17, 15) is 62.9 Å². The number of aromatic nitrogens is 3. The molecule has 0 saturated heterocycles. The summed E-state index contributed by atoms with van der Waals surface area (Å²) in [7, 11) is 1.56. The molecule has 356 valence electrons. The van der Waals surface area contributed by atoms with Gasteiger partial charge in [-0.25, -0.2) is 4.68 Å². The van der Waals surface area contributed by atoms with E-state index in [2.05, 4.69) is 42.2 Å². The van der Waals surface area contributed by atoms with E-state index in [1.807, 2.05) is 0 Å². The first-order valence-electron chi connectivity index (χ1n) is 20.0. The Morgan fingerprint density at radius 1 is 0.683 bits per heavy atom. The molecule has 63 heavy (non-hydrogen) atoms. The third kappa shape index (κ3) is 24.4. The van der Waals surface area contributed by atoms with Crippen LogP contribution in [-0.2, 0) is 75.1 Å². The third-order valence-corrected chi connectivity index (χ3v) is 8.50. The SMILES string of the molecule is COCCOCCOCCOCCNC(=O)[C@H](C)NC(=O)C(CC(=O)O)NC(=O)[C@@H](NC(=O)C(CCC(=O)O)NC(=O)[C@H](CC(=O)O)NC(=O)Cn1cc(CCCF)nn1)C(C)C. The lowest BCUT2D eigenvalue weighted by Gasteiger charge is -2.28. The number of aliphatic carboxylic acids is 3. The largest absolute Gasteiger partial charge is 0.481 e. The van der Waals surface area contributed by atoms with E-state index < -0.39 is 128 Å². The van der Waals surface area contributed by atoms with E-state index >= 15 is 0 Å². The van der Waals surface area contributed by atoms with Gasteiger partial charge in [0, 0.05) is 26.3 Å². The Labute approximate surface area is 362 Å². The lowest BCUT2D eigenvalue weighted by molar-refractivity contribution is -0.142. The van der Waals surface area contributed by atoms with E-state index in [0.717, 1.165) is 4.68 Å². The van der Waals surface area contributed by atoms with Gasteiger partial charge in [-0.3, -0.25) is 47.5 Å². The van der Waals surface area contributed by atoms with Crippen LogP contribution in [0.4, 0.5) is 4.39 Å². The van der Waals surface area contributed by atoms with Crippen molar-refractivity contribution in [1.82, 2.24) is 46.9 Å². The summed E-state index contributed by atoms with van der Waals surface area (Å²) >= 11 is 0. The van der Waals surface area contributed by atoms with E-state index in [-0.39, 0.29) is 39.2 Å². The van der Waals surface area contributed by atoms with Crippen molar-refractivity contribution >= 4 is 53.4 Å². The Morgan fingerprint density at radius 3 is 1.78 bits per heavy atom. The molecule has 6 amide bonds. The molecule has 0 fully saturated rings. The second-order valence-electron chi connectivity index (χ2n) is 14.2. The molecule has 26 heteroatoms. The Kier molecular flexibility index (Phi) is 27.2. The fourth-order valence-electron chi connectivity index (χ4n) is 5.26. The van der Waals surface area contributed by atoms with Gasteiger partial charge in [-0.1, -0.05) is 19.1 Å².